The molecule has 8 nitrogen and oxygen atoms in total. The van der Waals surface area contributed by atoms with Crippen LogP contribution in [0.3, 0.4) is 0 Å². The molecule has 0 radical (unpaired) electrons. The maximum absolute atomic E-state index is 13.2. The summed E-state index contributed by atoms with van der Waals surface area (Å²) >= 11 is 10.2. The number of barbiturate groups is 1. The quantitative estimate of drug-likeness (QED) is 0.247. The Bertz CT molecular complexity index is 1420. The first-order valence-electron chi connectivity index (χ1n) is 10.2. The van der Waals surface area contributed by atoms with Gasteiger partial charge in [0.2, 0.25) is 0 Å². The SMILES string of the molecule is O=C1NC(=O)N(c2ccc(Br)cc2)C(=O)/C1=C/c1cc(Br)cc(Br)c1OCc1ccc(C(=O)O)cc1. The zero-order chi connectivity index (χ0) is 26.0. The molecule has 4 amide bonds. The molecule has 0 spiro atoms. The van der Waals surface area contributed by atoms with E-state index in [1.165, 1.54) is 18.2 Å². The number of anilines is 1. The molecule has 182 valence electrons. The Hall–Kier alpha value is -3.28. The maximum Gasteiger partial charge on any atom is 0.335 e. The number of benzene rings is 3. The number of amides is 4. The molecule has 3 aromatic carbocycles. The van der Waals surface area contributed by atoms with Gasteiger partial charge in [0.15, 0.2) is 0 Å². The van der Waals surface area contributed by atoms with Crippen LogP contribution in [0.4, 0.5) is 10.5 Å². The third kappa shape index (κ3) is 5.58. The second-order valence-corrected chi connectivity index (χ2v) is 10.2. The molecule has 0 bridgehead atoms. The van der Waals surface area contributed by atoms with Gasteiger partial charge in [0.1, 0.15) is 17.9 Å². The number of carboxylic acids is 1. The van der Waals surface area contributed by atoms with Crippen molar-refractivity contribution < 1.29 is 29.0 Å². The Kier molecular flexibility index (Phi) is 7.72. The second kappa shape index (κ2) is 10.8. The number of carboxylic acid groups (broad SMARTS) is 1. The van der Waals surface area contributed by atoms with Crippen LogP contribution in [0, 0.1) is 0 Å². The van der Waals surface area contributed by atoms with Gasteiger partial charge >= 0.3 is 12.0 Å². The number of imide groups is 2. The van der Waals surface area contributed by atoms with Crippen LogP contribution >= 0.6 is 47.8 Å². The van der Waals surface area contributed by atoms with Crippen LogP contribution in [0.25, 0.3) is 6.08 Å². The predicted octanol–water partition coefficient (Wildman–Crippen LogP) is 5.92. The Morgan fingerprint density at radius 1 is 0.944 bits per heavy atom. The van der Waals surface area contributed by atoms with Crippen molar-refractivity contribution in [2.45, 2.75) is 6.61 Å². The van der Waals surface area contributed by atoms with E-state index in [4.69, 9.17) is 9.84 Å². The van der Waals surface area contributed by atoms with Crippen molar-refractivity contribution in [2.24, 2.45) is 0 Å². The fourth-order valence-electron chi connectivity index (χ4n) is 3.38. The summed E-state index contributed by atoms with van der Waals surface area (Å²) in [5.41, 5.74) is 1.32. The molecular weight excluding hydrogens is 664 g/mol. The molecule has 1 aliphatic rings. The Balaban J connectivity index is 1.67. The Morgan fingerprint density at radius 3 is 2.25 bits per heavy atom. The average molecular weight is 679 g/mol. The van der Waals surface area contributed by atoms with E-state index in [9.17, 15) is 19.2 Å². The van der Waals surface area contributed by atoms with Crippen LogP contribution in [-0.4, -0.2) is 28.9 Å². The number of urea groups is 1. The van der Waals surface area contributed by atoms with E-state index in [0.29, 0.717) is 31.5 Å². The second-order valence-electron chi connectivity index (χ2n) is 7.53. The van der Waals surface area contributed by atoms with Crippen molar-refractivity contribution in [1.82, 2.24) is 5.32 Å². The third-order valence-electron chi connectivity index (χ3n) is 5.11. The summed E-state index contributed by atoms with van der Waals surface area (Å²) in [5.74, 6) is -2.29. The summed E-state index contributed by atoms with van der Waals surface area (Å²) in [6.07, 6.45) is 1.36. The summed E-state index contributed by atoms with van der Waals surface area (Å²) < 4.78 is 7.95. The van der Waals surface area contributed by atoms with Crippen LogP contribution in [0.15, 0.2) is 79.7 Å². The number of ether oxygens (including phenoxy) is 1. The third-order valence-corrected chi connectivity index (χ3v) is 6.68. The summed E-state index contributed by atoms with van der Waals surface area (Å²) in [6, 6.07) is 15.3. The maximum atomic E-state index is 13.2. The first-order chi connectivity index (χ1) is 17.1. The van der Waals surface area contributed by atoms with Crippen LogP contribution in [0.5, 0.6) is 5.75 Å². The number of nitrogens with one attached hydrogen (secondary N) is 1. The highest BCUT2D eigenvalue weighted by atomic mass is 79.9. The zero-order valence-corrected chi connectivity index (χ0v) is 22.9. The molecule has 0 atom stereocenters. The summed E-state index contributed by atoms with van der Waals surface area (Å²) in [6.45, 7) is 0.0972. The number of carbonyl (C=O) groups excluding carboxylic acids is 3. The zero-order valence-electron chi connectivity index (χ0n) is 18.1. The number of aromatic carboxylic acids is 1. The van der Waals surface area contributed by atoms with Gasteiger partial charge in [0.05, 0.1) is 15.7 Å². The molecule has 0 aliphatic carbocycles. The lowest BCUT2D eigenvalue weighted by atomic mass is 10.1. The van der Waals surface area contributed by atoms with Gasteiger partial charge in [-0.15, -0.1) is 0 Å². The molecule has 1 fully saturated rings. The van der Waals surface area contributed by atoms with E-state index in [0.717, 1.165) is 9.37 Å². The minimum atomic E-state index is -1.03. The highest BCUT2D eigenvalue weighted by Gasteiger charge is 2.37. The van der Waals surface area contributed by atoms with Crippen molar-refractivity contribution in [1.29, 1.82) is 0 Å². The van der Waals surface area contributed by atoms with Crippen LogP contribution < -0.4 is 15.0 Å². The first kappa shape index (κ1) is 25.8. The van der Waals surface area contributed by atoms with Gasteiger partial charge in [-0.3, -0.25) is 14.9 Å². The van der Waals surface area contributed by atoms with E-state index in [1.807, 2.05) is 0 Å². The summed E-state index contributed by atoms with van der Waals surface area (Å²) in [4.78, 5) is 50.3. The molecule has 1 aliphatic heterocycles. The number of nitrogens with zero attached hydrogens (tertiary/aromatic N) is 1. The Morgan fingerprint density at radius 2 is 1.61 bits per heavy atom. The lowest BCUT2D eigenvalue weighted by molar-refractivity contribution is -0.122. The molecule has 2 N–H and O–H groups in total. The van der Waals surface area contributed by atoms with Crippen molar-refractivity contribution in [3.8, 4) is 5.75 Å². The standard InChI is InChI=1S/C25H15Br3N2O6/c26-16-5-7-18(8-6-16)30-23(32)19(22(31)29-25(30)35)10-15-9-17(27)11-20(28)21(15)36-12-13-1-3-14(4-2-13)24(33)34/h1-11H,12H2,(H,33,34)(H,29,31,35)/b19-10+. The van der Waals surface area contributed by atoms with Crippen LogP contribution in [0.1, 0.15) is 21.5 Å². The first-order valence-corrected chi connectivity index (χ1v) is 12.6. The smallest absolute Gasteiger partial charge is 0.335 e. The summed E-state index contributed by atoms with van der Waals surface area (Å²) in [5, 5.41) is 11.3. The van der Waals surface area contributed by atoms with Gasteiger partial charge < -0.3 is 9.84 Å². The molecule has 1 heterocycles. The summed E-state index contributed by atoms with van der Waals surface area (Å²) in [7, 11) is 0. The number of carbonyl (C=O) groups is 4. The topological polar surface area (TPSA) is 113 Å². The fraction of sp³-hybridized carbons (Fsp3) is 0.0400. The molecule has 3 aromatic rings. The van der Waals surface area contributed by atoms with Gasteiger partial charge in [-0.2, -0.15) is 0 Å². The van der Waals surface area contributed by atoms with Gasteiger partial charge in [0.25, 0.3) is 11.8 Å². The number of hydrogen-bond acceptors (Lipinski definition) is 5. The number of hydrogen-bond donors (Lipinski definition) is 2. The van der Waals surface area contributed by atoms with Crippen molar-refractivity contribution in [3.63, 3.8) is 0 Å². The lowest BCUT2D eigenvalue weighted by Crippen LogP contribution is -2.54. The molecule has 11 heteroatoms. The normalized spacial score (nSPS) is 14.7. The highest BCUT2D eigenvalue weighted by molar-refractivity contribution is 9.11. The lowest BCUT2D eigenvalue weighted by Gasteiger charge is -2.26. The van der Waals surface area contributed by atoms with E-state index < -0.39 is 23.8 Å². The van der Waals surface area contributed by atoms with Gasteiger partial charge in [-0.25, -0.2) is 14.5 Å². The molecule has 1 saturated heterocycles. The largest absolute Gasteiger partial charge is 0.487 e. The monoisotopic (exact) mass is 676 g/mol. The Labute approximate surface area is 230 Å². The molecule has 0 unspecified atom stereocenters. The molecule has 4 rings (SSSR count). The highest BCUT2D eigenvalue weighted by Crippen LogP contribution is 2.35. The van der Waals surface area contributed by atoms with Gasteiger partial charge in [0, 0.05) is 14.5 Å². The molecule has 0 saturated carbocycles. The van der Waals surface area contributed by atoms with Crippen LogP contribution in [-0.2, 0) is 16.2 Å². The molecular formula is C25H15Br3N2O6. The average Bonchev–Trinajstić information content (AvgIpc) is 2.82. The van der Waals surface area contributed by atoms with Crippen molar-refractivity contribution in [2.75, 3.05) is 4.90 Å². The number of halogens is 3. The molecule has 0 aromatic heterocycles. The van der Waals surface area contributed by atoms with E-state index in [2.05, 4.69) is 53.1 Å². The van der Waals surface area contributed by atoms with E-state index in [1.54, 1.807) is 48.5 Å². The minimum absolute atomic E-state index is 0.0972. The van der Waals surface area contributed by atoms with Crippen molar-refractivity contribution in [3.05, 3.63) is 96.3 Å². The van der Waals surface area contributed by atoms with Crippen molar-refractivity contribution >= 4 is 83.4 Å². The predicted molar refractivity (Wildman–Crippen MR) is 143 cm³/mol. The van der Waals surface area contributed by atoms with Gasteiger partial charge in [-0.05, 0) is 76.1 Å². The van der Waals surface area contributed by atoms with Crippen LogP contribution in [0.2, 0.25) is 0 Å². The molecule has 36 heavy (non-hydrogen) atoms. The van der Waals surface area contributed by atoms with Gasteiger partial charge in [-0.1, -0.05) is 44.0 Å². The fourth-order valence-corrected chi connectivity index (χ4v) is 5.01. The number of rotatable bonds is 6. The minimum Gasteiger partial charge on any atom is -0.487 e. The van der Waals surface area contributed by atoms with E-state index >= 15 is 0 Å². The van der Waals surface area contributed by atoms with E-state index in [-0.39, 0.29) is 17.7 Å².